The largest absolute Gasteiger partial charge is 0.395 e. The van der Waals surface area contributed by atoms with Gasteiger partial charge >= 0.3 is 0 Å². The minimum Gasteiger partial charge on any atom is -0.395 e. The molecule has 2 aliphatic rings. The molecule has 1 saturated heterocycles. The van der Waals surface area contributed by atoms with Crippen LogP contribution >= 0.6 is 0 Å². The average Bonchev–Trinajstić information content (AvgIpc) is 2.92. The second-order valence-electron chi connectivity index (χ2n) is 5.11. The van der Waals surface area contributed by atoms with Gasteiger partial charge in [-0.3, -0.25) is 9.89 Å². The van der Waals surface area contributed by atoms with Crippen molar-refractivity contribution in [2.75, 3.05) is 26.0 Å². The van der Waals surface area contributed by atoms with Crippen molar-refractivity contribution in [2.45, 2.75) is 31.2 Å². The number of amides is 1. The number of aromatic amines is 1. The molecule has 0 radical (unpaired) electrons. The number of rotatable bonds is 3. The molecule has 1 aliphatic carbocycles. The Balaban J connectivity index is 1.78. The molecular formula is C12H18N4O2. The van der Waals surface area contributed by atoms with Crippen molar-refractivity contribution in [3.63, 3.8) is 0 Å². The van der Waals surface area contributed by atoms with Gasteiger partial charge in [0, 0.05) is 19.6 Å². The van der Waals surface area contributed by atoms with Crippen LogP contribution in [0.1, 0.15) is 41.4 Å². The Kier molecular flexibility index (Phi) is 2.74. The highest BCUT2D eigenvalue weighted by Crippen LogP contribution is 2.42. The van der Waals surface area contributed by atoms with Gasteiger partial charge in [-0.1, -0.05) is 0 Å². The number of carbonyl (C=O) groups is 1. The fourth-order valence-corrected chi connectivity index (χ4v) is 2.37. The van der Waals surface area contributed by atoms with Crippen LogP contribution in [-0.2, 0) is 4.74 Å². The lowest BCUT2D eigenvalue weighted by atomic mass is 10.2. The summed E-state index contributed by atoms with van der Waals surface area (Å²) in [5.74, 6) is 0.352. The van der Waals surface area contributed by atoms with E-state index < -0.39 is 0 Å². The molecule has 1 aromatic rings. The first-order valence-electron chi connectivity index (χ1n) is 6.37. The van der Waals surface area contributed by atoms with Gasteiger partial charge in [0.05, 0.1) is 24.0 Å². The quantitative estimate of drug-likeness (QED) is 0.828. The molecule has 18 heavy (non-hydrogen) atoms. The smallest absolute Gasteiger partial charge is 0.276 e. The van der Waals surface area contributed by atoms with Gasteiger partial charge in [-0.05, 0) is 19.3 Å². The third-order valence-electron chi connectivity index (χ3n) is 3.80. The molecule has 3 N–H and O–H groups in total. The van der Waals surface area contributed by atoms with E-state index in [9.17, 15) is 4.79 Å². The third kappa shape index (κ3) is 1.86. The van der Waals surface area contributed by atoms with E-state index in [-0.39, 0.29) is 11.9 Å². The zero-order chi connectivity index (χ0) is 12.7. The number of carbonyl (C=O) groups excluding carboxylic acids is 1. The van der Waals surface area contributed by atoms with E-state index in [0.29, 0.717) is 30.5 Å². The van der Waals surface area contributed by atoms with Crippen LogP contribution in [0.4, 0.5) is 5.69 Å². The molecule has 1 aromatic heterocycles. The number of hydrogen-bond acceptors (Lipinski definition) is 4. The van der Waals surface area contributed by atoms with Gasteiger partial charge in [-0.2, -0.15) is 5.10 Å². The molecule has 2 heterocycles. The number of anilines is 1. The summed E-state index contributed by atoms with van der Waals surface area (Å²) in [4.78, 5) is 14.0. The minimum absolute atomic E-state index is 0.119. The summed E-state index contributed by atoms with van der Waals surface area (Å²) in [5, 5.41) is 7.00. The van der Waals surface area contributed by atoms with Crippen LogP contribution in [0.2, 0.25) is 0 Å². The number of nitrogens with one attached hydrogen (secondary N) is 1. The van der Waals surface area contributed by atoms with Crippen LogP contribution in [0.15, 0.2) is 0 Å². The van der Waals surface area contributed by atoms with Gasteiger partial charge in [0.15, 0.2) is 5.69 Å². The number of hydrogen-bond donors (Lipinski definition) is 2. The predicted molar refractivity (Wildman–Crippen MR) is 66.3 cm³/mol. The van der Waals surface area contributed by atoms with E-state index in [1.807, 2.05) is 0 Å². The summed E-state index contributed by atoms with van der Waals surface area (Å²) < 4.78 is 5.29. The van der Waals surface area contributed by atoms with Crippen molar-refractivity contribution in [1.82, 2.24) is 15.1 Å². The van der Waals surface area contributed by atoms with Crippen LogP contribution in [-0.4, -0.2) is 47.3 Å². The summed E-state index contributed by atoms with van der Waals surface area (Å²) >= 11 is 0. The highest BCUT2D eigenvalue weighted by Gasteiger charge is 2.32. The van der Waals surface area contributed by atoms with Crippen LogP contribution in [0.25, 0.3) is 0 Å². The van der Waals surface area contributed by atoms with Gasteiger partial charge in [0.25, 0.3) is 5.91 Å². The Morgan fingerprint density at radius 2 is 2.28 bits per heavy atom. The third-order valence-corrected chi connectivity index (χ3v) is 3.80. The molecule has 1 unspecified atom stereocenters. The monoisotopic (exact) mass is 250 g/mol. The number of likely N-dealkylation sites (N-methyl/N-ethyl adjacent to an activating group) is 1. The average molecular weight is 250 g/mol. The van der Waals surface area contributed by atoms with E-state index >= 15 is 0 Å². The van der Waals surface area contributed by atoms with Crippen LogP contribution in [0, 0.1) is 0 Å². The van der Waals surface area contributed by atoms with E-state index in [1.165, 1.54) is 0 Å². The molecule has 98 valence electrons. The first-order chi connectivity index (χ1) is 8.68. The lowest BCUT2D eigenvalue weighted by Crippen LogP contribution is -2.37. The number of aromatic nitrogens is 2. The van der Waals surface area contributed by atoms with Crippen LogP contribution in [0.3, 0.4) is 0 Å². The lowest BCUT2D eigenvalue weighted by molar-refractivity contribution is 0.0706. The van der Waals surface area contributed by atoms with Gasteiger partial charge in [0.1, 0.15) is 0 Å². The molecule has 3 rings (SSSR count). The van der Waals surface area contributed by atoms with Gasteiger partial charge in [0.2, 0.25) is 0 Å². The number of H-pyrrole nitrogens is 1. The summed E-state index contributed by atoms with van der Waals surface area (Å²) in [6.07, 6.45) is 3.14. The maximum atomic E-state index is 12.3. The Bertz CT molecular complexity index is 461. The molecule has 0 aromatic carbocycles. The Morgan fingerprint density at radius 3 is 2.89 bits per heavy atom. The number of ether oxygens (including phenoxy) is 1. The lowest BCUT2D eigenvalue weighted by Gasteiger charge is -2.22. The molecule has 1 amide bonds. The molecule has 6 nitrogen and oxygen atoms in total. The number of nitrogens with two attached hydrogens (primary N) is 1. The van der Waals surface area contributed by atoms with E-state index in [4.69, 9.17) is 10.5 Å². The topological polar surface area (TPSA) is 84.2 Å². The van der Waals surface area contributed by atoms with Gasteiger partial charge in [-0.15, -0.1) is 0 Å². The molecule has 2 fully saturated rings. The number of nitrogen functional groups attached to an aromatic ring is 1. The van der Waals surface area contributed by atoms with Crippen molar-refractivity contribution in [1.29, 1.82) is 0 Å². The molecule has 0 bridgehead atoms. The van der Waals surface area contributed by atoms with Crippen molar-refractivity contribution < 1.29 is 9.53 Å². The van der Waals surface area contributed by atoms with Crippen LogP contribution < -0.4 is 5.73 Å². The summed E-state index contributed by atoms with van der Waals surface area (Å²) in [7, 11) is 1.78. The second kappa shape index (κ2) is 4.28. The summed E-state index contributed by atoms with van der Waals surface area (Å²) in [5.41, 5.74) is 7.81. The second-order valence-corrected chi connectivity index (χ2v) is 5.11. The van der Waals surface area contributed by atoms with E-state index in [1.54, 1.807) is 11.9 Å². The van der Waals surface area contributed by atoms with Gasteiger partial charge in [-0.25, -0.2) is 0 Å². The van der Waals surface area contributed by atoms with Crippen molar-refractivity contribution >= 4 is 11.6 Å². The van der Waals surface area contributed by atoms with Crippen LogP contribution in [0.5, 0.6) is 0 Å². The molecule has 0 spiro atoms. The van der Waals surface area contributed by atoms with Crippen molar-refractivity contribution in [3.8, 4) is 0 Å². The fourth-order valence-electron chi connectivity index (χ4n) is 2.37. The minimum atomic E-state index is -0.119. The maximum absolute atomic E-state index is 12.3. The first-order valence-corrected chi connectivity index (χ1v) is 6.37. The maximum Gasteiger partial charge on any atom is 0.276 e. The van der Waals surface area contributed by atoms with E-state index in [0.717, 1.165) is 25.0 Å². The fraction of sp³-hybridized carbons (Fsp3) is 0.667. The van der Waals surface area contributed by atoms with Crippen molar-refractivity contribution in [2.24, 2.45) is 0 Å². The summed E-state index contributed by atoms with van der Waals surface area (Å²) in [6, 6.07) is 0.137. The molecule has 1 aliphatic heterocycles. The zero-order valence-electron chi connectivity index (χ0n) is 10.5. The summed E-state index contributed by atoms with van der Waals surface area (Å²) in [6.45, 7) is 1.31. The Morgan fingerprint density at radius 1 is 1.50 bits per heavy atom. The highest BCUT2D eigenvalue weighted by molar-refractivity contribution is 5.97. The predicted octanol–water partition coefficient (Wildman–Crippen LogP) is 0.730. The standard InChI is InChI=1S/C12H18N4O2/c1-16(8-4-5-18-6-8)12(17)11-9(13)10(14-15-11)7-2-3-7/h7-8H,2-6,13H2,1H3,(H,14,15). The van der Waals surface area contributed by atoms with E-state index in [2.05, 4.69) is 10.2 Å². The molecule has 1 saturated carbocycles. The molecule has 1 atom stereocenters. The SMILES string of the molecule is CN(C(=O)c1n[nH]c(C2CC2)c1N)C1CCOC1. The highest BCUT2D eigenvalue weighted by atomic mass is 16.5. The molecular weight excluding hydrogens is 232 g/mol. The van der Waals surface area contributed by atoms with Crippen molar-refractivity contribution in [3.05, 3.63) is 11.4 Å². The number of nitrogens with zero attached hydrogens (tertiary/aromatic N) is 2. The Hall–Kier alpha value is -1.56. The first kappa shape index (κ1) is 11.5. The molecule has 6 heteroatoms. The van der Waals surface area contributed by atoms with Gasteiger partial charge < -0.3 is 15.4 Å². The zero-order valence-corrected chi connectivity index (χ0v) is 10.5. The Labute approximate surface area is 105 Å². The normalized spacial score (nSPS) is 23.3.